The van der Waals surface area contributed by atoms with Gasteiger partial charge in [-0.1, -0.05) is 31.9 Å². The summed E-state index contributed by atoms with van der Waals surface area (Å²) < 4.78 is 5.18. The first kappa shape index (κ1) is 15.1. The van der Waals surface area contributed by atoms with Gasteiger partial charge in [-0.3, -0.25) is 0 Å². The predicted molar refractivity (Wildman–Crippen MR) is 80.8 cm³/mol. The number of para-hydroxylation sites is 1. The molecule has 0 aromatic heterocycles. The Labute approximate surface area is 121 Å². The third-order valence-electron chi connectivity index (χ3n) is 4.00. The van der Waals surface area contributed by atoms with Crippen LogP contribution in [0.5, 0.6) is 11.5 Å². The molecule has 0 spiro atoms. The minimum atomic E-state index is 0.267. The second kappa shape index (κ2) is 7.50. The maximum atomic E-state index is 10.2. The molecule has 20 heavy (non-hydrogen) atoms. The van der Waals surface area contributed by atoms with Gasteiger partial charge in [0.25, 0.3) is 0 Å². The molecular formula is C16H26N2O2. The molecule has 0 amide bonds. The van der Waals surface area contributed by atoms with Gasteiger partial charge in [-0.2, -0.15) is 0 Å². The van der Waals surface area contributed by atoms with E-state index in [1.54, 1.807) is 13.2 Å². The first-order valence-corrected chi connectivity index (χ1v) is 7.61. The molecular weight excluding hydrogens is 252 g/mol. The van der Waals surface area contributed by atoms with E-state index in [0.29, 0.717) is 5.75 Å². The van der Waals surface area contributed by atoms with Crippen molar-refractivity contribution in [1.29, 1.82) is 0 Å². The molecule has 1 aromatic carbocycles. The number of aromatic hydroxyl groups is 1. The lowest BCUT2D eigenvalue weighted by atomic mass is 10.2. The fraction of sp³-hybridized carbons (Fsp3) is 0.625. The van der Waals surface area contributed by atoms with Gasteiger partial charge in [-0.25, -0.2) is 10.0 Å². The van der Waals surface area contributed by atoms with E-state index < -0.39 is 0 Å². The fourth-order valence-electron chi connectivity index (χ4n) is 2.81. The first-order chi connectivity index (χ1) is 9.76. The Kier molecular flexibility index (Phi) is 5.68. The molecule has 1 aromatic rings. The number of nitrogens with zero attached hydrogens (tertiary/aromatic N) is 2. The number of ether oxygens (including phenoxy) is 1. The average molecular weight is 278 g/mol. The van der Waals surface area contributed by atoms with Crippen LogP contribution in [0, 0.1) is 0 Å². The number of phenols is 1. The van der Waals surface area contributed by atoms with E-state index in [-0.39, 0.29) is 5.75 Å². The summed E-state index contributed by atoms with van der Waals surface area (Å²) in [6.07, 6.45) is 5.19. The zero-order chi connectivity index (χ0) is 14.4. The second-order valence-electron chi connectivity index (χ2n) is 5.32. The summed E-state index contributed by atoms with van der Waals surface area (Å²) in [6, 6.07) is 5.70. The molecule has 0 saturated carbocycles. The molecule has 0 radical (unpaired) electrons. The van der Waals surface area contributed by atoms with Crippen molar-refractivity contribution < 1.29 is 9.84 Å². The molecule has 2 rings (SSSR count). The predicted octanol–water partition coefficient (Wildman–Crippen LogP) is 3.01. The SMILES string of the molecule is CCN(Cc1cccc(OC)c1O)N1CCCCCC1. The Morgan fingerprint density at radius 1 is 1.20 bits per heavy atom. The smallest absolute Gasteiger partial charge is 0.162 e. The van der Waals surface area contributed by atoms with Gasteiger partial charge in [0.15, 0.2) is 11.5 Å². The van der Waals surface area contributed by atoms with Gasteiger partial charge >= 0.3 is 0 Å². The highest BCUT2D eigenvalue weighted by Gasteiger charge is 2.18. The number of rotatable bonds is 5. The van der Waals surface area contributed by atoms with Crippen molar-refractivity contribution in [2.24, 2.45) is 0 Å². The van der Waals surface area contributed by atoms with Gasteiger partial charge in [-0.15, -0.1) is 0 Å². The Balaban J connectivity index is 2.09. The maximum absolute atomic E-state index is 10.2. The van der Waals surface area contributed by atoms with E-state index in [2.05, 4.69) is 16.9 Å². The molecule has 1 heterocycles. The largest absolute Gasteiger partial charge is 0.504 e. The molecule has 0 bridgehead atoms. The molecule has 4 heteroatoms. The van der Waals surface area contributed by atoms with E-state index in [9.17, 15) is 5.11 Å². The molecule has 1 aliphatic heterocycles. The molecule has 1 saturated heterocycles. The fourth-order valence-corrected chi connectivity index (χ4v) is 2.81. The summed E-state index contributed by atoms with van der Waals surface area (Å²) in [5.74, 6) is 0.817. The van der Waals surface area contributed by atoms with Crippen molar-refractivity contribution in [3.63, 3.8) is 0 Å². The molecule has 1 aliphatic rings. The number of methoxy groups -OCH3 is 1. The van der Waals surface area contributed by atoms with Crippen LogP contribution in [0.1, 0.15) is 38.2 Å². The van der Waals surface area contributed by atoms with Gasteiger partial charge in [0.05, 0.1) is 7.11 Å². The Morgan fingerprint density at radius 3 is 2.50 bits per heavy atom. The first-order valence-electron chi connectivity index (χ1n) is 7.61. The van der Waals surface area contributed by atoms with E-state index in [1.807, 2.05) is 12.1 Å². The third kappa shape index (κ3) is 3.64. The lowest BCUT2D eigenvalue weighted by molar-refractivity contribution is -0.0263. The maximum Gasteiger partial charge on any atom is 0.162 e. The highest BCUT2D eigenvalue weighted by atomic mass is 16.5. The van der Waals surface area contributed by atoms with Crippen molar-refractivity contribution >= 4 is 0 Å². The Hall–Kier alpha value is -1.26. The van der Waals surface area contributed by atoms with Crippen LogP contribution in [0.4, 0.5) is 0 Å². The zero-order valence-electron chi connectivity index (χ0n) is 12.6. The van der Waals surface area contributed by atoms with E-state index in [0.717, 1.165) is 31.7 Å². The van der Waals surface area contributed by atoms with E-state index >= 15 is 0 Å². The van der Waals surface area contributed by atoms with Crippen LogP contribution >= 0.6 is 0 Å². The second-order valence-corrected chi connectivity index (χ2v) is 5.32. The van der Waals surface area contributed by atoms with Crippen molar-refractivity contribution in [2.45, 2.75) is 39.2 Å². The number of phenolic OH excluding ortho intramolecular Hbond substituents is 1. The molecule has 0 atom stereocenters. The summed E-state index contributed by atoms with van der Waals surface area (Å²) in [5.41, 5.74) is 0.926. The lowest BCUT2D eigenvalue weighted by Crippen LogP contribution is -2.42. The van der Waals surface area contributed by atoms with Gasteiger partial charge in [0.2, 0.25) is 0 Å². The zero-order valence-corrected chi connectivity index (χ0v) is 12.6. The Bertz CT molecular complexity index is 415. The summed E-state index contributed by atoms with van der Waals surface area (Å²) in [6.45, 7) is 6.11. The van der Waals surface area contributed by atoms with E-state index in [1.165, 1.54) is 25.7 Å². The van der Waals surface area contributed by atoms with Gasteiger partial charge in [0, 0.05) is 31.7 Å². The van der Waals surface area contributed by atoms with Crippen molar-refractivity contribution in [3.8, 4) is 11.5 Å². The van der Waals surface area contributed by atoms with Crippen LogP contribution in [-0.2, 0) is 6.54 Å². The highest BCUT2D eigenvalue weighted by molar-refractivity contribution is 5.45. The van der Waals surface area contributed by atoms with Gasteiger partial charge < -0.3 is 9.84 Å². The van der Waals surface area contributed by atoms with E-state index in [4.69, 9.17) is 4.74 Å². The third-order valence-corrected chi connectivity index (χ3v) is 4.00. The van der Waals surface area contributed by atoms with Crippen molar-refractivity contribution in [2.75, 3.05) is 26.7 Å². The molecule has 112 valence electrons. The minimum Gasteiger partial charge on any atom is -0.504 e. The molecule has 4 nitrogen and oxygen atoms in total. The quantitative estimate of drug-likeness (QED) is 0.898. The highest BCUT2D eigenvalue weighted by Crippen LogP contribution is 2.30. The number of hydrogen-bond acceptors (Lipinski definition) is 4. The number of hydrogen-bond donors (Lipinski definition) is 1. The van der Waals surface area contributed by atoms with Crippen LogP contribution in [0.15, 0.2) is 18.2 Å². The minimum absolute atomic E-state index is 0.267. The molecule has 1 fully saturated rings. The van der Waals surface area contributed by atoms with Crippen molar-refractivity contribution in [1.82, 2.24) is 10.0 Å². The van der Waals surface area contributed by atoms with Crippen molar-refractivity contribution in [3.05, 3.63) is 23.8 Å². The topological polar surface area (TPSA) is 35.9 Å². The average Bonchev–Trinajstić information content (AvgIpc) is 2.75. The summed E-state index contributed by atoms with van der Waals surface area (Å²) >= 11 is 0. The van der Waals surface area contributed by atoms with Crippen LogP contribution in [0.2, 0.25) is 0 Å². The molecule has 0 unspecified atom stereocenters. The van der Waals surface area contributed by atoms with Gasteiger partial charge in [-0.05, 0) is 18.9 Å². The Morgan fingerprint density at radius 2 is 1.90 bits per heavy atom. The summed E-state index contributed by atoms with van der Waals surface area (Å²) in [7, 11) is 1.59. The van der Waals surface area contributed by atoms with Crippen LogP contribution in [0.25, 0.3) is 0 Å². The van der Waals surface area contributed by atoms with Gasteiger partial charge in [0.1, 0.15) is 0 Å². The van der Waals surface area contributed by atoms with Crippen LogP contribution in [-0.4, -0.2) is 41.9 Å². The molecule has 1 N–H and O–H groups in total. The molecule has 0 aliphatic carbocycles. The monoisotopic (exact) mass is 278 g/mol. The number of hydrazine groups is 1. The lowest BCUT2D eigenvalue weighted by Gasteiger charge is -2.33. The standard InChI is InChI=1S/C16H26N2O2/c1-3-17(18-11-6-4-5-7-12-18)13-14-9-8-10-15(20-2)16(14)19/h8-10,19H,3-7,11-13H2,1-2H3. The number of benzene rings is 1. The van der Waals surface area contributed by atoms with Crippen LogP contribution in [0.3, 0.4) is 0 Å². The summed E-state index contributed by atoms with van der Waals surface area (Å²) in [5, 5.41) is 15.0. The normalized spacial score (nSPS) is 17.1. The summed E-state index contributed by atoms with van der Waals surface area (Å²) in [4.78, 5) is 0. The van der Waals surface area contributed by atoms with Crippen LogP contribution < -0.4 is 4.74 Å².